The van der Waals surface area contributed by atoms with E-state index in [1.807, 2.05) is 0 Å². The molecule has 74 valence electrons. The standard InChI is InChI=1S/C9H8F2N2S/c1-9(10,11)8-6-4-5(12)2-3-7(6)14-13-8/h2-4H,12H2,1H3. The van der Waals surface area contributed by atoms with Crippen LogP contribution in [0, 0.1) is 0 Å². The quantitative estimate of drug-likeness (QED) is 0.741. The van der Waals surface area contributed by atoms with E-state index in [1.165, 1.54) is 6.07 Å². The highest BCUT2D eigenvalue weighted by Crippen LogP contribution is 2.35. The summed E-state index contributed by atoms with van der Waals surface area (Å²) in [5, 5.41) is 0.447. The molecule has 2 aromatic rings. The molecule has 2 N–H and O–H groups in total. The Morgan fingerprint density at radius 2 is 2.14 bits per heavy atom. The van der Waals surface area contributed by atoms with Crippen LogP contribution in [0.15, 0.2) is 18.2 Å². The number of nitrogens with two attached hydrogens (primary N) is 1. The minimum Gasteiger partial charge on any atom is -0.399 e. The fourth-order valence-corrected chi connectivity index (χ4v) is 2.10. The van der Waals surface area contributed by atoms with Crippen molar-refractivity contribution in [3.63, 3.8) is 0 Å². The van der Waals surface area contributed by atoms with Gasteiger partial charge in [0.2, 0.25) is 0 Å². The monoisotopic (exact) mass is 214 g/mol. The zero-order chi connectivity index (χ0) is 10.3. The summed E-state index contributed by atoms with van der Waals surface area (Å²) in [6.07, 6.45) is 0. The Bertz CT molecular complexity index is 473. The maximum absolute atomic E-state index is 13.1. The van der Waals surface area contributed by atoms with Gasteiger partial charge in [0.25, 0.3) is 5.92 Å². The van der Waals surface area contributed by atoms with Gasteiger partial charge in [0.1, 0.15) is 5.69 Å². The Morgan fingerprint density at radius 1 is 1.43 bits per heavy atom. The number of nitrogens with zero attached hydrogens (tertiary/aromatic N) is 1. The number of rotatable bonds is 1. The van der Waals surface area contributed by atoms with E-state index in [0.717, 1.165) is 23.2 Å². The minimum atomic E-state index is -2.91. The Morgan fingerprint density at radius 3 is 2.79 bits per heavy atom. The van der Waals surface area contributed by atoms with Crippen molar-refractivity contribution in [2.24, 2.45) is 0 Å². The molecular weight excluding hydrogens is 206 g/mol. The molecular formula is C9H8F2N2S. The van der Waals surface area contributed by atoms with Crippen LogP contribution in [0.25, 0.3) is 10.1 Å². The van der Waals surface area contributed by atoms with Crippen molar-refractivity contribution in [2.45, 2.75) is 12.8 Å². The summed E-state index contributed by atoms with van der Waals surface area (Å²) in [5.74, 6) is -2.91. The van der Waals surface area contributed by atoms with Gasteiger partial charge in [-0.3, -0.25) is 0 Å². The fraction of sp³-hybridized carbons (Fsp3) is 0.222. The Labute approximate surface area is 83.5 Å². The van der Waals surface area contributed by atoms with Crippen molar-refractivity contribution in [1.29, 1.82) is 0 Å². The van der Waals surface area contributed by atoms with Gasteiger partial charge < -0.3 is 5.73 Å². The van der Waals surface area contributed by atoms with Crippen molar-refractivity contribution in [3.8, 4) is 0 Å². The number of hydrogen-bond donors (Lipinski definition) is 1. The van der Waals surface area contributed by atoms with Crippen LogP contribution < -0.4 is 5.73 Å². The predicted octanol–water partition coefficient (Wildman–Crippen LogP) is 2.99. The molecule has 0 aliphatic carbocycles. The average Bonchev–Trinajstić information content (AvgIpc) is 2.45. The highest BCUT2D eigenvalue weighted by Gasteiger charge is 2.29. The molecule has 0 radical (unpaired) electrons. The van der Waals surface area contributed by atoms with Crippen molar-refractivity contribution >= 4 is 27.3 Å². The second-order valence-corrected chi connectivity index (χ2v) is 3.98. The van der Waals surface area contributed by atoms with E-state index in [4.69, 9.17) is 5.73 Å². The lowest BCUT2D eigenvalue weighted by molar-refractivity contribution is 0.0154. The molecule has 1 aromatic carbocycles. The number of benzene rings is 1. The van der Waals surface area contributed by atoms with Gasteiger partial charge in [-0.05, 0) is 29.7 Å². The summed E-state index contributed by atoms with van der Waals surface area (Å²) >= 11 is 1.06. The van der Waals surface area contributed by atoms with Crippen LogP contribution in [0.4, 0.5) is 14.5 Å². The second-order valence-electron chi connectivity index (χ2n) is 3.18. The van der Waals surface area contributed by atoms with Crippen molar-refractivity contribution in [2.75, 3.05) is 5.73 Å². The molecule has 0 bridgehead atoms. The summed E-state index contributed by atoms with van der Waals surface area (Å²) in [4.78, 5) is 0. The molecule has 0 fully saturated rings. The maximum Gasteiger partial charge on any atom is 0.288 e. The first-order valence-electron chi connectivity index (χ1n) is 4.01. The largest absolute Gasteiger partial charge is 0.399 e. The van der Waals surface area contributed by atoms with Crippen LogP contribution in [0.2, 0.25) is 0 Å². The van der Waals surface area contributed by atoms with Crippen molar-refractivity contribution in [1.82, 2.24) is 4.37 Å². The Kier molecular flexibility index (Phi) is 1.92. The third kappa shape index (κ3) is 1.43. The summed E-state index contributed by atoms with van der Waals surface area (Å²) < 4.78 is 30.6. The Balaban J connectivity index is 2.73. The van der Waals surface area contributed by atoms with E-state index < -0.39 is 5.92 Å². The smallest absolute Gasteiger partial charge is 0.288 e. The number of alkyl halides is 2. The lowest BCUT2D eigenvalue weighted by Gasteiger charge is -2.06. The van der Waals surface area contributed by atoms with E-state index in [-0.39, 0.29) is 5.69 Å². The van der Waals surface area contributed by atoms with Gasteiger partial charge >= 0.3 is 0 Å². The zero-order valence-corrected chi connectivity index (χ0v) is 8.24. The van der Waals surface area contributed by atoms with Crippen LogP contribution in [0.1, 0.15) is 12.6 Å². The van der Waals surface area contributed by atoms with E-state index in [0.29, 0.717) is 11.1 Å². The van der Waals surface area contributed by atoms with Gasteiger partial charge in [-0.1, -0.05) is 0 Å². The number of anilines is 1. The van der Waals surface area contributed by atoms with E-state index >= 15 is 0 Å². The first-order chi connectivity index (χ1) is 6.48. The highest BCUT2D eigenvalue weighted by atomic mass is 32.1. The molecule has 0 unspecified atom stereocenters. The van der Waals surface area contributed by atoms with Crippen LogP contribution in [0.3, 0.4) is 0 Å². The number of nitrogen functional groups attached to an aromatic ring is 1. The highest BCUT2D eigenvalue weighted by molar-refractivity contribution is 7.13. The normalized spacial score (nSPS) is 12.2. The van der Waals surface area contributed by atoms with Crippen molar-refractivity contribution in [3.05, 3.63) is 23.9 Å². The lowest BCUT2D eigenvalue weighted by atomic mass is 10.1. The van der Waals surface area contributed by atoms with Crippen LogP contribution in [-0.4, -0.2) is 4.37 Å². The summed E-state index contributed by atoms with van der Waals surface area (Å²) in [5.41, 5.74) is 5.81. The van der Waals surface area contributed by atoms with Crippen LogP contribution >= 0.6 is 11.5 Å². The SMILES string of the molecule is CC(F)(F)c1nsc2ccc(N)cc12. The average molecular weight is 214 g/mol. The van der Waals surface area contributed by atoms with Crippen molar-refractivity contribution < 1.29 is 8.78 Å². The van der Waals surface area contributed by atoms with Gasteiger partial charge in [-0.2, -0.15) is 13.2 Å². The van der Waals surface area contributed by atoms with Gasteiger partial charge in [-0.15, -0.1) is 0 Å². The molecule has 0 spiro atoms. The first kappa shape index (κ1) is 9.33. The van der Waals surface area contributed by atoms with Gasteiger partial charge in [-0.25, -0.2) is 0 Å². The predicted molar refractivity (Wildman–Crippen MR) is 53.6 cm³/mol. The van der Waals surface area contributed by atoms with E-state index in [9.17, 15) is 8.78 Å². The first-order valence-corrected chi connectivity index (χ1v) is 4.79. The zero-order valence-electron chi connectivity index (χ0n) is 7.42. The number of halogens is 2. The fourth-order valence-electron chi connectivity index (χ4n) is 1.27. The van der Waals surface area contributed by atoms with E-state index in [2.05, 4.69) is 4.37 Å². The topological polar surface area (TPSA) is 38.9 Å². The third-order valence-electron chi connectivity index (χ3n) is 1.91. The maximum atomic E-state index is 13.1. The molecule has 1 heterocycles. The minimum absolute atomic E-state index is 0.190. The molecule has 14 heavy (non-hydrogen) atoms. The van der Waals surface area contributed by atoms with Crippen LogP contribution in [0.5, 0.6) is 0 Å². The molecule has 0 saturated carbocycles. The second kappa shape index (κ2) is 2.88. The summed E-state index contributed by atoms with van der Waals surface area (Å²) in [6, 6.07) is 4.92. The number of hydrogen-bond acceptors (Lipinski definition) is 3. The molecule has 0 amide bonds. The van der Waals surface area contributed by atoms with Gasteiger partial charge in [0.05, 0.1) is 4.70 Å². The summed E-state index contributed by atoms with van der Waals surface area (Å²) in [7, 11) is 0. The summed E-state index contributed by atoms with van der Waals surface area (Å²) in [6.45, 7) is 0.838. The number of fused-ring (bicyclic) bond motifs is 1. The number of aromatic nitrogens is 1. The Hall–Kier alpha value is -1.23. The molecule has 5 heteroatoms. The molecule has 0 aliphatic rings. The molecule has 1 aromatic heterocycles. The third-order valence-corrected chi connectivity index (χ3v) is 2.74. The molecule has 2 nitrogen and oxygen atoms in total. The van der Waals surface area contributed by atoms with Gasteiger partial charge in [0.15, 0.2) is 0 Å². The molecule has 0 aliphatic heterocycles. The molecule has 2 rings (SSSR count). The van der Waals surface area contributed by atoms with Gasteiger partial charge in [0, 0.05) is 18.0 Å². The lowest BCUT2D eigenvalue weighted by Crippen LogP contribution is -2.07. The molecule has 0 atom stereocenters. The molecule has 0 saturated heterocycles. The van der Waals surface area contributed by atoms with Crippen LogP contribution in [-0.2, 0) is 5.92 Å². The van der Waals surface area contributed by atoms with E-state index in [1.54, 1.807) is 12.1 Å².